The van der Waals surface area contributed by atoms with Crippen molar-refractivity contribution in [3.8, 4) is 0 Å². The van der Waals surface area contributed by atoms with Gasteiger partial charge in [-0.1, -0.05) is 12.8 Å². The van der Waals surface area contributed by atoms with Crippen molar-refractivity contribution >= 4 is 5.95 Å². The highest BCUT2D eigenvalue weighted by atomic mass is 15.3. The van der Waals surface area contributed by atoms with E-state index in [1.165, 1.54) is 31.6 Å². The first-order valence-electron chi connectivity index (χ1n) is 6.43. The number of hydrogen-bond donors (Lipinski definition) is 1. The molecule has 1 aliphatic carbocycles. The Kier molecular flexibility index (Phi) is 2.82. The van der Waals surface area contributed by atoms with Gasteiger partial charge in [-0.3, -0.25) is 0 Å². The van der Waals surface area contributed by atoms with Gasteiger partial charge in [0.15, 0.2) is 0 Å². The molecule has 0 unspecified atom stereocenters. The average Bonchev–Trinajstić information content (AvgIpc) is 3.01. The third kappa shape index (κ3) is 1.82. The summed E-state index contributed by atoms with van der Waals surface area (Å²) in [4.78, 5) is 6.96. The van der Waals surface area contributed by atoms with Crippen LogP contribution in [0.1, 0.15) is 31.7 Å². The molecule has 2 fully saturated rings. The van der Waals surface area contributed by atoms with Gasteiger partial charge in [0.2, 0.25) is 5.95 Å². The highest BCUT2D eigenvalue weighted by molar-refractivity contribution is 5.32. The van der Waals surface area contributed by atoms with E-state index in [1.807, 2.05) is 6.20 Å². The minimum atomic E-state index is 0.701. The summed E-state index contributed by atoms with van der Waals surface area (Å²) >= 11 is 0. The number of anilines is 1. The summed E-state index contributed by atoms with van der Waals surface area (Å²) < 4.78 is 2.40. The summed E-state index contributed by atoms with van der Waals surface area (Å²) in [5, 5.41) is 3.39. The number of imidazole rings is 1. The fourth-order valence-electron chi connectivity index (χ4n) is 2.88. The van der Waals surface area contributed by atoms with Gasteiger partial charge in [0.05, 0.1) is 0 Å². The molecule has 0 bridgehead atoms. The van der Waals surface area contributed by atoms with E-state index in [2.05, 4.69) is 26.0 Å². The largest absolute Gasteiger partial charge is 0.340 e. The van der Waals surface area contributed by atoms with Crippen LogP contribution in [0.5, 0.6) is 0 Å². The molecule has 0 amide bonds. The van der Waals surface area contributed by atoms with Crippen molar-refractivity contribution in [1.82, 2.24) is 14.9 Å². The zero-order valence-electron chi connectivity index (χ0n) is 9.73. The number of rotatable bonds is 2. The Morgan fingerprint density at radius 3 is 2.69 bits per heavy atom. The molecule has 1 aromatic rings. The van der Waals surface area contributed by atoms with Crippen molar-refractivity contribution in [2.75, 3.05) is 31.1 Å². The molecule has 1 N–H and O–H groups in total. The molecule has 1 aliphatic heterocycles. The molecule has 4 heteroatoms. The van der Waals surface area contributed by atoms with Gasteiger partial charge in [-0.2, -0.15) is 0 Å². The van der Waals surface area contributed by atoms with E-state index < -0.39 is 0 Å². The van der Waals surface area contributed by atoms with Crippen LogP contribution in [0.25, 0.3) is 0 Å². The molecule has 0 radical (unpaired) electrons. The highest BCUT2D eigenvalue weighted by Gasteiger charge is 2.22. The second kappa shape index (κ2) is 4.45. The zero-order chi connectivity index (χ0) is 10.8. The molecule has 3 rings (SSSR count). The van der Waals surface area contributed by atoms with E-state index in [0.717, 1.165) is 26.2 Å². The Balaban J connectivity index is 1.80. The Labute approximate surface area is 96.7 Å². The van der Waals surface area contributed by atoms with Gasteiger partial charge in [0.1, 0.15) is 0 Å². The molecule has 0 aromatic carbocycles. The van der Waals surface area contributed by atoms with E-state index >= 15 is 0 Å². The third-order valence-corrected chi connectivity index (χ3v) is 3.77. The zero-order valence-corrected chi connectivity index (χ0v) is 9.73. The average molecular weight is 220 g/mol. The number of nitrogens with one attached hydrogen (secondary N) is 1. The Bertz CT molecular complexity index is 335. The first kappa shape index (κ1) is 10.1. The topological polar surface area (TPSA) is 33.1 Å². The smallest absolute Gasteiger partial charge is 0.205 e. The minimum absolute atomic E-state index is 0.701. The molecule has 4 nitrogen and oxygen atoms in total. The number of nitrogens with zero attached hydrogens (tertiary/aromatic N) is 3. The highest BCUT2D eigenvalue weighted by Crippen LogP contribution is 2.32. The Hall–Kier alpha value is -1.03. The normalized spacial score (nSPS) is 22.9. The van der Waals surface area contributed by atoms with Crippen LogP contribution in [0.2, 0.25) is 0 Å². The van der Waals surface area contributed by atoms with E-state index in [9.17, 15) is 0 Å². The molecular weight excluding hydrogens is 200 g/mol. The number of piperazine rings is 1. The van der Waals surface area contributed by atoms with Crippen LogP contribution in [0.15, 0.2) is 12.4 Å². The molecule has 2 aliphatic rings. The van der Waals surface area contributed by atoms with Crippen LogP contribution in [0.4, 0.5) is 5.95 Å². The summed E-state index contributed by atoms with van der Waals surface area (Å²) in [5.74, 6) is 1.19. The maximum Gasteiger partial charge on any atom is 0.205 e. The molecule has 2 heterocycles. The van der Waals surface area contributed by atoms with Crippen molar-refractivity contribution in [2.24, 2.45) is 0 Å². The maximum absolute atomic E-state index is 4.55. The summed E-state index contributed by atoms with van der Waals surface area (Å²) in [6.07, 6.45) is 9.53. The summed E-state index contributed by atoms with van der Waals surface area (Å²) in [6.45, 7) is 4.34. The molecule has 0 spiro atoms. The standard InChI is InChI=1S/C12H20N4/c1-2-4-11(3-1)16-10-7-14-12(16)15-8-5-13-6-9-15/h7,10-11,13H,1-6,8-9H2. The van der Waals surface area contributed by atoms with Crippen molar-refractivity contribution < 1.29 is 0 Å². The lowest BCUT2D eigenvalue weighted by atomic mass is 10.2. The first-order valence-corrected chi connectivity index (χ1v) is 6.43. The molecule has 88 valence electrons. The molecule has 1 saturated heterocycles. The van der Waals surface area contributed by atoms with Gasteiger partial charge in [0, 0.05) is 44.6 Å². The fraction of sp³-hybridized carbons (Fsp3) is 0.750. The van der Waals surface area contributed by atoms with Crippen molar-refractivity contribution in [3.63, 3.8) is 0 Å². The van der Waals surface area contributed by atoms with Crippen LogP contribution < -0.4 is 10.2 Å². The minimum Gasteiger partial charge on any atom is -0.340 e. The van der Waals surface area contributed by atoms with E-state index in [1.54, 1.807) is 0 Å². The van der Waals surface area contributed by atoms with Gasteiger partial charge in [0.25, 0.3) is 0 Å². The van der Waals surface area contributed by atoms with Crippen molar-refractivity contribution in [1.29, 1.82) is 0 Å². The van der Waals surface area contributed by atoms with Crippen LogP contribution >= 0.6 is 0 Å². The number of aromatic nitrogens is 2. The monoisotopic (exact) mass is 220 g/mol. The van der Waals surface area contributed by atoms with Gasteiger partial charge in [-0.25, -0.2) is 4.98 Å². The molecule has 1 aromatic heterocycles. The predicted octanol–water partition coefficient (Wildman–Crippen LogP) is 1.41. The van der Waals surface area contributed by atoms with Gasteiger partial charge >= 0.3 is 0 Å². The van der Waals surface area contributed by atoms with Crippen LogP contribution in [-0.2, 0) is 0 Å². The number of hydrogen-bond acceptors (Lipinski definition) is 3. The predicted molar refractivity (Wildman–Crippen MR) is 64.8 cm³/mol. The lowest BCUT2D eigenvalue weighted by molar-refractivity contribution is 0.498. The molecule has 1 saturated carbocycles. The van der Waals surface area contributed by atoms with Gasteiger partial charge < -0.3 is 14.8 Å². The fourth-order valence-corrected chi connectivity index (χ4v) is 2.88. The SMILES string of the molecule is c1cn(C2CCCC2)c(N2CCNCC2)n1. The van der Waals surface area contributed by atoms with Crippen molar-refractivity contribution in [2.45, 2.75) is 31.7 Å². The van der Waals surface area contributed by atoms with Gasteiger partial charge in [-0.05, 0) is 12.8 Å². The quantitative estimate of drug-likeness (QED) is 0.818. The Morgan fingerprint density at radius 2 is 1.94 bits per heavy atom. The second-order valence-electron chi connectivity index (χ2n) is 4.81. The summed E-state index contributed by atoms with van der Waals surface area (Å²) in [7, 11) is 0. The maximum atomic E-state index is 4.55. The Morgan fingerprint density at radius 1 is 1.19 bits per heavy atom. The first-order chi connectivity index (χ1) is 7.95. The van der Waals surface area contributed by atoms with Crippen LogP contribution in [-0.4, -0.2) is 35.7 Å². The summed E-state index contributed by atoms with van der Waals surface area (Å²) in [6, 6.07) is 0.701. The van der Waals surface area contributed by atoms with E-state index in [0.29, 0.717) is 6.04 Å². The lowest BCUT2D eigenvalue weighted by Gasteiger charge is -2.30. The van der Waals surface area contributed by atoms with Crippen molar-refractivity contribution in [3.05, 3.63) is 12.4 Å². The van der Waals surface area contributed by atoms with E-state index in [-0.39, 0.29) is 0 Å². The molecular formula is C12H20N4. The molecule has 16 heavy (non-hydrogen) atoms. The van der Waals surface area contributed by atoms with Crippen LogP contribution in [0.3, 0.4) is 0 Å². The third-order valence-electron chi connectivity index (χ3n) is 3.77. The summed E-state index contributed by atoms with van der Waals surface area (Å²) in [5.41, 5.74) is 0. The second-order valence-corrected chi connectivity index (χ2v) is 4.81. The lowest BCUT2D eigenvalue weighted by Crippen LogP contribution is -2.44. The van der Waals surface area contributed by atoms with Gasteiger partial charge in [-0.15, -0.1) is 0 Å². The van der Waals surface area contributed by atoms with E-state index in [4.69, 9.17) is 0 Å². The molecule has 0 atom stereocenters. The van der Waals surface area contributed by atoms with Crippen LogP contribution in [0, 0.1) is 0 Å².